The van der Waals surface area contributed by atoms with Crippen LogP contribution in [0, 0.1) is 6.92 Å². The first-order valence-corrected chi connectivity index (χ1v) is 6.98. The maximum atomic E-state index is 11.6. The number of thiazole rings is 1. The van der Waals surface area contributed by atoms with Gasteiger partial charge in [0, 0.05) is 31.4 Å². The number of aryl methyl sites for hydroxylation is 1. The Morgan fingerprint density at radius 3 is 3.06 bits per heavy atom. The summed E-state index contributed by atoms with van der Waals surface area (Å²) < 4.78 is 0. The number of hydrogen-bond acceptors (Lipinski definition) is 4. The van der Waals surface area contributed by atoms with Gasteiger partial charge in [-0.2, -0.15) is 0 Å². The van der Waals surface area contributed by atoms with Gasteiger partial charge in [0.05, 0.1) is 17.1 Å². The van der Waals surface area contributed by atoms with E-state index >= 15 is 0 Å². The van der Waals surface area contributed by atoms with E-state index in [1.54, 1.807) is 16.2 Å². The zero-order chi connectivity index (χ0) is 13.0. The summed E-state index contributed by atoms with van der Waals surface area (Å²) in [5.74, 6) is 0.159. The molecule has 5 nitrogen and oxygen atoms in total. The quantitative estimate of drug-likeness (QED) is 0.855. The summed E-state index contributed by atoms with van der Waals surface area (Å²) in [5, 5.41) is 5.69. The molecule has 0 aromatic carbocycles. The molecule has 1 N–H and O–H groups in total. The molecular weight excluding hydrogens is 250 g/mol. The van der Waals surface area contributed by atoms with Crippen LogP contribution in [0.3, 0.4) is 0 Å². The molecule has 0 aliphatic carbocycles. The second-order valence-corrected chi connectivity index (χ2v) is 5.43. The van der Waals surface area contributed by atoms with Crippen LogP contribution in [-0.4, -0.2) is 41.3 Å². The van der Waals surface area contributed by atoms with E-state index in [2.05, 4.69) is 10.3 Å². The van der Waals surface area contributed by atoms with Gasteiger partial charge in [-0.05, 0) is 13.3 Å². The van der Waals surface area contributed by atoms with E-state index < -0.39 is 0 Å². The van der Waals surface area contributed by atoms with Crippen molar-refractivity contribution in [2.75, 3.05) is 19.6 Å². The van der Waals surface area contributed by atoms with Crippen molar-refractivity contribution in [2.24, 2.45) is 0 Å². The summed E-state index contributed by atoms with van der Waals surface area (Å²) >= 11 is 1.55. The molecule has 1 aliphatic rings. The molecule has 2 heterocycles. The van der Waals surface area contributed by atoms with Crippen molar-refractivity contribution in [3.05, 3.63) is 16.1 Å². The van der Waals surface area contributed by atoms with Gasteiger partial charge < -0.3 is 10.2 Å². The maximum absolute atomic E-state index is 11.6. The number of aromatic nitrogens is 1. The smallest absolute Gasteiger partial charge is 0.226 e. The van der Waals surface area contributed by atoms with Crippen molar-refractivity contribution in [2.45, 2.75) is 26.2 Å². The van der Waals surface area contributed by atoms with Crippen LogP contribution >= 0.6 is 11.3 Å². The largest absolute Gasteiger partial charge is 0.354 e. The fourth-order valence-corrected chi connectivity index (χ4v) is 2.60. The highest BCUT2D eigenvalue weighted by Crippen LogP contribution is 2.09. The number of nitrogens with one attached hydrogen (secondary N) is 1. The summed E-state index contributed by atoms with van der Waals surface area (Å²) in [6.45, 7) is 3.87. The summed E-state index contributed by atoms with van der Waals surface area (Å²) in [4.78, 5) is 29.0. The Balaban J connectivity index is 1.67. The van der Waals surface area contributed by atoms with Crippen LogP contribution in [0.2, 0.25) is 0 Å². The van der Waals surface area contributed by atoms with Crippen LogP contribution in [0.15, 0.2) is 5.38 Å². The molecule has 1 fully saturated rings. The molecule has 1 aromatic heterocycles. The van der Waals surface area contributed by atoms with Crippen molar-refractivity contribution in [3.8, 4) is 0 Å². The number of carbonyl (C=O) groups is 2. The summed E-state index contributed by atoms with van der Waals surface area (Å²) in [7, 11) is 0. The van der Waals surface area contributed by atoms with E-state index in [0.29, 0.717) is 25.9 Å². The van der Waals surface area contributed by atoms with Gasteiger partial charge in [0.2, 0.25) is 11.8 Å². The Labute approximate surface area is 110 Å². The first-order chi connectivity index (χ1) is 8.65. The minimum Gasteiger partial charge on any atom is -0.354 e. The topological polar surface area (TPSA) is 62.3 Å². The van der Waals surface area contributed by atoms with Crippen molar-refractivity contribution in [1.82, 2.24) is 15.2 Å². The maximum Gasteiger partial charge on any atom is 0.226 e. The van der Waals surface area contributed by atoms with Gasteiger partial charge in [-0.25, -0.2) is 4.98 Å². The van der Waals surface area contributed by atoms with Gasteiger partial charge in [-0.3, -0.25) is 9.59 Å². The number of carbonyl (C=O) groups excluding carboxylic acids is 2. The SMILES string of the molecule is Cc1nc(CC(=O)NCCN2CCCC2=O)cs1. The van der Waals surface area contributed by atoms with Crippen molar-refractivity contribution in [3.63, 3.8) is 0 Å². The lowest BCUT2D eigenvalue weighted by Gasteiger charge is -2.15. The van der Waals surface area contributed by atoms with E-state index in [0.717, 1.165) is 23.7 Å². The number of rotatable bonds is 5. The predicted molar refractivity (Wildman–Crippen MR) is 69.4 cm³/mol. The molecule has 1 aromatic rings. The Kier molecular flexibility index (Phi) is 4.30. The lowest BCUT2D eigenvalue weighted by atomic mass is 10.3. The van der Waals surface area contributed by atoms with Crippen LogP contribution in [0.4, 0.5) is 0 Å². The molecule has 6 heteroatoms. The molecule has 0 spiro atoms. The minimum absolute atomic E-state index is 0.0352. The average Bonchev–Trinajstić information content (AvgIpc) is 2.89. The Morgan fingerprint density at radius 1 is 1.61 bits per heavy atom. The van der Waals surface area contributed by atoms with Gasteiger partial charge in [0.25, 0.3) is 0 Å². The highest BCUT2D eigenvalue weighted by Gasteiger charge is 2.19. The second kappa shape index (κ2) is 5.95. The van der Waals surface area contributed by atoms with Crippen LogP contribution in [-0.2, 0) is 16.0 Å². The third-order valence-corrected chi connectivity index (χ3v) is 3.71. The molecule has 0 atom stereocenters. The Hall–Kier alpha value is -1.43. The van der Waals surface area contributed by atoms with E-state index in [1.807, 2.05) is 12.3 Å². The van der Waals surface area contributed by atoms with Crippen molar-refractivity contribution in [1.29, 1.82) is 0 Å². The second-order valence-electron chi connectivity index (χ2n) is 4.37. The molecular formula is C12H17N3O2S. The van der Waals surface area contributed by atoms with E-state index in [4.69, 9.17) is 0 Å². The normalized spacial score (nSPS) is 15.2. The minimum atomic E-state index is -0.0352. The third-order valence-electron chi connectivity index (χ3n) is 2.88. The van der Waals surface area contributed by atoms with Crippen molar-refractivity contribution >= 4 is 23.2 Å². The lowest BCUT2D eigenvalue weighted by molar-refractivity contribution is -0.128. The summed E-state index contributed by atoms with van der Waals surface area (Å²) in [6.07, 6.45) is 1.90. The highest BCUT2D eigenvalue weighted by molar-refractivity contribution is 7.09. The van der Waals surface area contributed by atoms with E-state index in [1.165, 1.54) is 0 Å². The molecule has 0 bridgehead atoms. The molecule has 0 radical (unpaired) electrons. The van der Waals surface area contributed by atoms with Gasteiger partial charge in [-0.1, -0.05) is 0 Å². The van der Waals surface area contributed by atoms with Gasteiger partial charge in [0.1, 0.15) is 0 Å². The molecule has 2 amide bonds. The molecule has 2 rings (SSSR count). The Morgan fingerprint density at radius 2 is 2.44 bits per heavy atom. The Bertz CT molecular complexity index is 444. The number of amides is 2. The standard InChI is InChI=1S/C12H17N3O2S/c1-9-14-10(8-18-9)7-11(16)13-4-6-15-5-2-3-12(15)17/h8H,2-7H2,1H3,(H,13,16). The number of likely N-dealkylation sites (tertiary alicyclic amines) is 1. The van der Waals surface area contributed by atoms with Gasteiger partial charge >= 0.3 is 0 Å². The molecule has 0 saturated carbocycles. The molecule has 98 valence electrons. The first kappa shape index (κ1) is 13.0. The van der Waals surface area contributed by atoms with Gasteiger partial charge in [-0.15, -0.1) is 11.3 Å². The first-order valence-electron chi connectivity index (χ1n) is 6.10. The fourth-order valence-electron chi connectivity index (χ4n) is 1.99. The molecule has 18 heavy (non-hydrogen) atoms. The third kappa shape index (κ3) is 3.53. The van der Waals surface area contributed by atoms with E-state index in [-0.39, 0.29) is 11.8 Å². The van der Waals surface area contributed by atoms with E-state index in [9.17, 15) is 9.59 Å². The fraction of sp³-hybridized carbons (Fsp3) is 0.583. The van der Waals surface area contributed by atoms with Crippen LogP contribution < -0.4 is 5.32 Å². The summed E-state index contributed by atoms with van der Waals surface area (Å²) in [5.41, 5.74) is 0.812. The zero-order valence-electron chi connectivity index (χ0n) is 10.4. The highest BCUT2D eigenvalue weighted by atomic mass is 32.1. The van der Waals surface area contributed by atoms with Crippen LogP contribution in [0.25, 0.3) is 0 Å². The molecule has 0 unspecified atom stereocenters. The van der Waals surface area contributed by atoms with Crippen LogP contribution in [0.5, 0.6) is 0 Å². The number of hydrogen-bond donors (Lipinski definition) is 1. The predicted octanol–water partition coefficient (Wildman–Crippen LogP) is 0.733. The molecule has 1 saturated heterocycles. The average molecular weight is 267 g/mol. The monoisotopic (exact) mass is 267 g/mol. The van der Waals surface area contributed by atoms with Gasteiger partial charge in [0.15, 0.2) is 0 Å². The van der Waals surface area contributed by atoms with Crippen LogP contribution in [0.1, 0.15) is 23.5 Å². The zero-order valence-corrected chi connectivity index (χ0v) is 11.3. The summed E-state index contributed by atoms with van der Waals surface area (Å²) in [6, 6.07) is 0. The van der Waals surface area contributed by atoms with Crippen molar-refractivity contribution < 1.29 is 9.59 Å². The lowest BCUT2D eigenvalue weighted by Crippen LogP contribution is -2.36. The number of nitrogens with zero attached hydrogens (tertiary/aromatic N) is 2. The molecule has 1 aliphatic heterocycles.